The van der Waals surface area contributed by atoms with Crippen molar-refractivity contribution >= 4 is 73.8 Å². The van der Waals surface area contributed by atoms with Crippen LogP contribution in [-0.2, 0) is 0 Å². The molecular formula is C20H8Cl2O3S2. The highest BCUT2D eigenvalue weighted by Crippen LogP contribution is 2.38. The predicted octanol–water partition coefficient (Wildman–Crippen LogP) is 6.99. The number of allylic oxidation sites excluding steroid dienone is 1. The number of furan rings is 1. The van der Waals surface area contributed by atoms with Crippen molar-refractivity contribution < 1.29 is 14.0 Å². The molecule has 0 fully saturated rings. The van der Waals surface area contributed by atoms with Gasteiger partial charge in [0.2, 0.25) is 0 Å². The highest BCUT2D eigenvalue weighted by molar-refractivity contribution is 7.20. The Kier molecular flexibility index (Phi) is 3.88. The van der Waals surface area contributed by atoms with E-state index in [0.29, 0.717) is 11.1 Å². The molecule has 0 saturated carbocycles. The average molecular weight is 431 g/mol. The number of carbonyl (C=O) groups is 2. The molecule has 27 heavy (non-hydrogen) atoms. The smallest absolute Gasteiger partial charge is 0.197 e. The average Bonchev–Trinajstić information content (AvgIpc) is 3.38. The maximum absolute atomic E-state index is 12.6. The van der Waals surface area contributed by atoms with E-state index >= 15 is 0 Å². The van der Waals surface area contributed by atoms with Crippen LogP contribution < -0.4 is 0 Å². The lowest BCUT2D eigenvalue weighted by Gasteiger charge is -1.98. The zero-order chi connectivity index (χ0) is 18.7. The Labute approximate surface area is 171 Å². The molecule has 0 N–H and O–H groups in total. The molecule has 0 saturated heterocycles. The second-order valence-electron chi connectivity index (χ2n) is 5.99. The minimum Gasteiger partial charge on any atom is -0.454 e. The number of rotatable bonds is 2. The van der Waals surface area contributed by atoms with E-state index in [2.05, 4.69) is 0 Å². The molecule has 1 aliphatic rings. The summed E-state index contributed by atoms with van der Waals surface area (Å²) in [6.45, 7) is 0. The van der Waals surface area contributed by atoms with E-state index in [1.807, 2.05) is 29.6 Å². The largest absolute Gasteiger partial charge is 0.454 e. The summed E-state index contributed by atoms with van der Waals surface area (Å²) in [5.74, 6) is 0.144. The third kappa shape index (κ3) is 2.70. The fraction of sp³-hybridized carbons (Fsp3) is 0. The molecule has 3 nitrogen and oxygen atoms in total. The number of Topliss-reactive ketones (excluding diaryl/α,β-unsaturated/α-hetero) is 2. The predicted molar refractivity (Wildman–Crippen MR) is 111 cm³/mol. The standard InChI is InChI=1S/C20H8Cl2O3S2/c21-13-6-10-11(7-14(13)22)20(24)12(19(10)23)4-9-5-15-18(27-9)8-16(25-15)17-2-1-3-26-17/h1-8H. The van der Waals surface area contributed by atoms with E-state index < -0.39 is 0 Å². The van der Waals surface area contributed by atoms with Crippen LogP contribution in [0.3, 0.4) is 0 Å². The van der Waals surface area contributed by atoms with Crippen molar-refractivity contribution in [3.05, 3.63) is 73.4 Å². The number of hydrogen-bond donors (Lipinski definition) is 0. The Morgan fingerprint density at radius 3 is 2.26 bits per heavy atom. The lowest BCUT2D eigenvalue weighted by molar-refractivity contribution is 0.0990. The molecule has 0 unspecified atom stereocenters. The number of fused-ring (bicyclic) bond motifs is 2. The van der Waals surface area contributed by atoms with Crippen LogP contribution in [0.1, 0.15) is 25.6 Å². The quantitative estimate of drug-likeness (QED) is 0.254. The number of carbonyl (C=O) groups excluding carboxylic acids is 2. The summed E-state index contributed by atoms with van der Waals surface area (Å²) in [7, 11) is 0. The molecule has 1 aromatic carbocycles. The summed E-state index contributed by atoms with van der Waals surface area (Å²) in [6.07, 6.45) is 1.61. The Morgan fingerprint density at radius 1 is 0.963 bits per heavy atom. The van der Waals surface area contributed by atoms with Crippen LogP contribution in [0.4, 0.5) is 0 Å². The van der Waals surface area contributed by atoms with Crippen molar-refractivity contribution in [1.29, 1.82) is 0 Å². The lowest BCUT2D eigenvalue weighted by atomic mass is 10.1. The van der Waals surface area contributed by atoms with Gasteiger partial charge in [-0.1, -0.05) is 29.3 Å². The van der Waals surface area contributed by atoms with Crippen LogP contribution in [0.25, 0.3) is 27.0 Å². The molecule has 0 radical (unpaired) electrons. The molecule has 0 bridgehead atoms. The molecule has 3 heterocycles. The summed E-state index contributed by atoms with van der Waals surface area (Å²) in [4.78, 5) is 27.1. The third-order valence-electron chi connectivity index (χ3n) is 4.32. The Morgan fingerprint density at radius 2 is 1.67 bits per heavy atom. The number of hydrogen-bond acceptors (Lipinski definition) is 5. The van der Waals surface area contributed by atoms with E-state index in [0.717, 1.165) is 25.8 Å². The van der Waals surface area contributed by atoms with Gasteiger partial charge in [-0.25, -0.2) is 0 Å². The Balaban J connectivity index is 1.54. The van der Waals surface area contributed by atoms with Crippen LogP contribution in [0.5, 0.6) is 0 Å². The number of ketones is 2. The molecule has 3 aromatic heterocycles. The molecule has 0 atom stereocenters. The minimum absolute atomic E-state index is 0.116. The zero-order valence-corrected chi connectivity index (χ0v) is 16.6. The first kappa shape index (κ1) is 17.0. The minimum atomic E-state index is -0.335. The van der Waals surface area contributed by atoms with E-state index in [9.17, 15) is 9.59 Å². The summed E-state index contributed by atoms with van der Waals surface area (Å²) in [5.41, 5.74) is 1.43. The van der Waals surface area contributed by atoms with Gasteiger partial charge in [-0.05, 0) is 35.7 Å². The number of benzene rings is 1. The molecule has 4 aromatic rings. The zero-order valence-electron chi connectivity index (χ0n) is 13.4. The van der Waals surface area contributed by atoms with Crippen molar-refractivity contribution in [2.45, 2.75) is 0 Å². The van der Waals surface area contributed by atoms with Gasteiger partial charge < -0.3 is 4.42 Å². The molecular weight excluding hydrogens is 423 g/mol. The van der Waals surface area contributed by atoms with Gasteiger partial charge in [0.25, 0.3) is 0 Å². The van der Waals surface area contributed by atoms with Gasteiger partial charge in [-0.2, -0.15) is 0 Å². The van der Waals surface area contributed by atoms with Gasteiger partial charge in [-0.3, -0.25) is 9.59 Å². The molecule has 132 valence electrons. The van der Waals surface area contributed by atoms with E-state index in [-0.39, 0.29) is 27.2 Å². The lowest BCUT2D eigenvalue weighted by Crippen LogP contribution is -1.99. The second kappa shape index (κ2) is 6.17. The molecule has 0 aliphatic heterocycles. The monoisotopic (exact) mass is 430 g/mol. The van der Waals surface area contributed by atoms with E-state index in [4.69, 9.17) is 27.6 Å². The molecule has 1 aliphatic carbocycles. The fourth-order valence-corrected chi connectivity index (χ4v) is 5.02. The molecule has 5 rings (SSSR count). The first-order valence-electron chi connectivity index (χ1n) is 7.88. The number of thiophene rings is 2. The van der Waals surface area contributed by atoms with Gasteiger partial charge in [-0.15, -0.1) is 22.7 Å². The van der Waals surface area contributed by atoms with Gasteiger partial charge in [0, 0.05) is 22.1 Å². The van der Waals surface area contributed by atoms with Gasteiger partial charge >= 0.3 is 0 Å². The summed E-state index contributed by atoms with van der Waals surface area (Å²) in [6, 6.07) is 10.7. The number of halogens is 2. The van der Waals surface area contributed by atoms with E-state index in [1.165, 1.54) is 23.5 Å². The van der Waals surface area contributed by atoms with Crippen LogP contribution in [0.15, 0.2) is 51.8 Å². The van der Waals surface area contributed by atoms with Crippen LogP contribution in [-0.4, -0.2) is 11.6 Å². The van der Waals surface area contributed by atoms with Crippen molar-refractivity contribution in [1.82, 2.24) is 0 Å². The van der Waals surface area contributed by atoms with Crippen molar-refractivity contribution in [2.75, 3.05) is 0 Å². The van der Waals surface area contributed by atoms with E-state index in [1.54, 1.807) is 17.4 Å². The van der Waals surface area contributed by atoms with Crippen molar-refractivity contribution in [3.63, 3.8) is 0 Å². The first-order valence-corrected chi connectivity index (χ1v) is 10.3. The highest BCUT2D eigenvalue weighted by atomic mass is 35.5. The maximum Gasteiger partial charge on any atom is 0.197 e. The van der Waals surface area contributed by atoms with Crippen molar-refractivity contribution in [3.8, 4) is 10.6 Å². The third-order valence-corrected chi connectivity index (χ3v) is 6.93. The normalized spacial score (nSPS) is 13.6. The Bertz CT molecular complexity index is 1200. The molecule has 0 spiro atoms. The maximum atomic E-state index is 12.6. The SMILES string of the molecule is O=C1C(=Cc2cc3oc(-c4cccs4)cc3s2)C(=O)c2cc(Cl)c(Cl)cc21. The van der Waals surface area contributed by atoms with Crippen molar-refractivity contribution in [2.24, 2.45) is 0 Å². The summed E-state index contributed by atoms with van der Waals surface area (Å²) >= 11 is 15.0. The van der Waals surface area contributed by atoms with Crippen LogP contribution >= 0.6 is 45.9 Å². The topological polar surface area (TPSA) is 47.3 Å². The molecule has 0 amide bonds. The van der Waals surface area contributed by atoms with Gasteiger partial charge in [0.15, 0.2) is 11.6 Å². The van der Waals surface area contributed by atoms with Gasteiger partial charge in [0.1, 0.15) is 11.3 Å². The van der Waals surface area contributed by atoms with Crippen LogP contribution in [0, 0.1) is 0 Å². The first-order chi connectivity index (χ1) is 13.0. The summed E-state index contributed by atoms with van der Waals surface area (Å²) in [5, 5.41) is 2.51. The molecule has 7 heteroatoms. The highest BCUT2D eigenvalue weighted by Gasteiger charge is 2.34. The fourth-order valence-electron chi connectivity index (χ4n) is 3.05. The van der Waals surface area contributed by atoms with Gasteiger partial charge in [0.05, 0.1) is 25.2 Å². The summed E-state index contributed by atoms with van der Waals surface area (Å²) < 4.78 is 6.86. The Hall–Kier alpha value is -2.18. The second-order valence-corrected chi connectivity index (χ2v) is 8.87. The van der Waals surface area contributed by atoms with Crippen LogP contribution in [0.2, 0.25) is 10.0 Å².